The predicted octanol–water partition coefficient (Wildman–Crippen LogP) is 3.59. The number of hydrogen-bond donors (Lipinski definition) is 1. The molecule has 0 bridgehead atoms. The van der Waals surface area contributed by atoms with Crippen molar-refractivity contribution in [3.05, 3.63) is 40.9 Å². The standard InChI is InChI=1S/C13H13F3N2S/c1-17-7-6-9-8-19-12(18-9)10-4-2-3-5-11(10)13(14,15)16/h2-5,8,17H,6-7H2,1H3. The molecule has 0 saturated carbocycles. The largest absolute Gasteiger partial charge is 0.417 e. The van der Waals surface area contributed by atoms with Crippen molar-refractivity contribution >= 4 is 11.3 Å². The molecule has 2 rings (SSSR count). The Balaban J connectivity index is 2.34. The molecule has 0 atom stereocenters. The van der Waals surface area contributed by atoms with Gasteiger partial charge in [-0.1, -0.05) is 18.2 Å². The van der Waals surface area contributed by atoms with Crippen molar-refractivity contribution in [3.63, 3.8) is 0 Å². The lowest BCUT2D eigenvalue weighted by atomic mass is 10.1. The van der Waals surface area contributed by atoms with Crippen LogP contribution < -0.4 is 5.32 Å². The van der Waals surface area contributed by atoms with Crippen LogP contribution in [0.4, 0.5) is 13.2 Å². The van der Waals surface area contributed by atoms with E-state index >= 15 is 0 Å². The smallest absolute Gasteiger partial charge is 0.319 e. The average Bonchev–Trinajstić information content (AvgIpc) is 2.84. The lowest BCUT2D eigenvalue weighted by Crippen LogP contribution is -2.10. The Morgan fingerprint density at radius 2 is 2.00 bits per heavy atom. The first kappa shape index (κ1) is 14.0. The van der Waals surface area contributed by atoms with E-state index in [1.165, 1.54) is 23.5 Å². The van der Waals surface area contributed by atoms with Gasteiger partial charge in [0.05, 0.1) is 11.3 Å². The molecule has 1 N–H and O–H groups in total. The Morgan fingerprint density at radius 1 is 1.26 bits per heavy atom. The molecule has 102 valence electrons. The molecule has 0 amide bonds. The van der Waals surface area contributed by atoms with E-state index in [-0.39, 0.29) is 5.56 Å². The van der Waals surface area contributed by atoms with E-state index in [4.69, 9.17) is 0 Å². The van der Waals surface area contributed by atoms with Gasteiger partial charge in [-0.15, -0.1) is 11.3 Å². The molecule has 6 heteroatoms. The maximum atomic E-state index is 12.9. The molecule has 19 heavy (non-hydrogen) atoms. The van der Waals surface area contributed by atoms with E-state index in [1.807, 2.05) is 7.05 Å². The van der Waals surface area contributed by atoms with Gasteiger partial charge in [-0.05, 0) is 13.1 Å². The summed E-state index contributed by atoms with van der Waals surface area (Å²) in [5.74, 6) is 0. The number of halogens is 3. The van der Waals surface area contributed by atoms with Crippen LogP contribution in [0.2, 0.25) is 0 Å². The first-order valence-corrected chi connectivity index (χ1v) is 6.66. The lowest BCUT2D eigenvalue weighted by Gasteiger charge is -2.10. The highest BCUT2D eigenvalue weighted by Gasteiger charge is 2.33. The Hall–Kier alpha value is -1.40. The molecule has 1 aromatic carbocycles. The fraction of sp³-hybridized carbons (Fsp3) is 0.308. The highest BCUT2D eigenvalue weighted by atomic mass is 32.1. The maximum Gasteiger partial charge on any atom is 0.417 e. The number of rotatable bonds is 4. The van der Waals surface area contributed by atoms with Gasteiger partial charge in [0.25, 0.3) is 0 Å². The highest BCUT2D eigenvalue weighted by molar-refractivity contribution is 7.13. The minimum Gasteiger partial charge on any atom is -0.319 e. The highest BCUT2D eigenvalue weighted by Crippen LogP contribution is 2.37. The van der Waals surface area contributed by atoms with Crippen molar-refractivity contribution < 1.29 is 13.2 Å². The van der Waals surface area contributed by atoms with E-state index in [0.29, 0.717) is 11.4 Å². The van der Waals surface area contributed by atoms with E-state index < -0.39 is 11.7 Å². The summed E-state index contributed by atoms with van der Waals surface area (Å²) in [6, 6.07) is 5.54. The van der Waals surface area contributed by atoms with Crippen molar-refractivity contribution in [1.82, 2.24) is 10.3 Å². The van der Waals surface area contributed by atoms with Gasteiger partial charge in [-0.2, -0.15) is 13.2 Å². The predicted molar refractivity (Wildman–Crippen MR) is 70.2 cm³/mol. The SMILES string of the molecule is CNCCc1csc(-c2ccccc2C(F)(F)F)n1. The second-order valence-corrected chi connectivity index (χ2v) is 4.90. The molecular formula is C13H13F3N2S. The normalized spacial score (nSPS) is 11.8. The van der Waals surface area contributed by atoms with Crippen LogP contribution in [0.3, 0.4) is 0 Å². The summed E-state index contributed by atoms with van der Waals surface area (Å²) in [6.07, 6.45) is -3.64. The number of alkyl halides is 3. The van der Waals surface area contributed by atoms with E-state index in [9.17, 15) is 13.2 Å². The van der Waals surface area contributed by atoms with Crippen molar-refractivity contribution in [3.8, 4) is 10.6 Å². The molecular weight excluding hydrogens is 273 g/mol. The molecule has 1 heterocycles. The van der Waals surface area contributed by atoms with Crippen LogP contribution >= 0.6 is 11.3 Å². The third kappa shape index (κ3) is 3.33. The van der Waals surface area contributed by atoms with Gasteiger partial charge >= 0.3 is 6.18 Å². The Labute approximate surface area is 113 Å². The first-order chi connectivity index (χ1) is 9.02. The summed E-state index contributed by atoms with van der Waals surface area (Å²) < 4.78 is 38.7. The van der Waals surface area contributed by atoms with E-state index in [2.05, 4.69) is 10.3 Å². The lowest BCUT2D eigenvalue weighted by molar-refractivity contribution is -0.137. The molecule has 0 aliphatic heterocycles. The second-order valence-electron chi connectivity index (χ2n) is 4.04. The molecule has 0 saturated heterocycles. The molecule has 0 aliphatic carbocycles. The third-order valence-electron chi connectivity index (χ3n) is 2.65. The van der Waals surface area contributed by atoms with Crippen LogP contribution in [0.25, 0.3) is 10.6 Å². The third-order valence-corrected chi connectivity index (χ3v) is 3.57. The number of benzene rings is 1. The van der Waals surface area contributed by atoms with Crippen LogP contribution in [-0.4, -0.2) is 18.6 Å². The number of thiazole rings is 1. The molecule has 1 aromatic heterocycles. The van der Waals surface area contributed by atoms with Crippen molar-refractivity contribution in [2.75, 3.05) is 13.6 Å². The summed E-state index contributed by atoms with van der Waals surface area (Å²) in [7, 11) is 1.83. The van der Waals surface area contributed by atoms with Gasteiger partial charge in [-0.3, -0.25) is 0 Å². The van der Waals surface area contributed by atoms with Crippen molar-refractivity contribution in [2.24, 2.45) is 0 Å². The zero-order chi connectivity index (χ0) is 13.9. The molecule has 2 aromatic rings. The van der Waals surface area contributed by atoms with Crippen LogP contribution in [-0.2, 0) is 12.6 Å². The zero-order valence-electron chi connectivity index (χ0n) is 10.3. The van der Waals surface area contributed by atoms with Gasteiger partial charge in [0.15, 0.2) is 0 Å². The summed E-state index contributed by atoms with van der Waals surface area (Å²) in [5.41, 5.74) is 0.326. The van der Waals surface area contributed by atoms with Gasteiger partial charge in [0, 0.05) is 23.9 Å². The van der Waals surface area contributed by atoms with E-state index in [1.54, 1.807) is 11.4 Å². The summed E-state index contributed by atoms with van der Waals surface area (Å²) in [4.78, 5) is 4.27. The zero-order valence-corrected chi connectivity index (χ0v) is 11.1. The second kappa shape index (κ2) is 5.71. The topological polar surface area (TPSA) is 24.9 Å². The van der Waals surface area contributed by atoms with Crippen LogP contribution in [0.1, 0.15) is 11.3 Å². The summed E-state index contributed by atoms with van der Waals surface area (Å²) >= 11 is 1.24. The maximum absolute atomic E-state index is 12.9. The van der Waals surface area contributed by atoms with E-state index in [0.717, 1.165) is 18.3 Å². The van der Waals surface area contributed by atoms with Crippen LogP contribution in [0.5, 0.6) is 0 Å². The van der Waals surface area contributed by atoms with Crippen molar-refractivity contribution in [1.29, 1.82) is 0 Å². The van der Waals surface area contributed by atoms with Gasteiger partial charge < -0.3 is 5.32 Å². The average molecular weight is 286 g/mol. The fourth-order valence-electron chi connectivity index (χ4n) is 1.72. The Bertz CT molecular complexity index is 549. The van der Waals surface area contributed by atoms with Gasteiger partial charge in [0.2, 0.25) is 0 Å². The molecule has 0 aliphatic rings. The molecule has 0 fully saturated rings. The minimum atomic E-state index is -4.35. The number of likely N-dealkylation sites (N-methyl/N-ethyl adjacent to an activating group) is 1. The first-order valence-electron chi connectivity index (χ1n) is 5.78. The van der Waals surface area contributed by atoms with Crippen molar-refractivity contribution in [2.45, 2.75) is 12.6 Å². The molecule has 0 spiro atoms. The Kier molecular flexibility index (Phi) is 4.21. The van der Waals surface area contributed by atoms with Crippen LogP contribution in [0.15, 0.2) is 29.6 Å². The minimum absolute atomic E-state index is 0.149. The number of nitrogens with one attached hydrogen (secondary N) is 1. The molecule has 2 nitrogen and oxygen atoms in total. The monoisotopic (exact) mass is 286 g/mol. The van der Waals surface area contributed by atoms with Crippen LogP contribution in [0, 0.1) is 0 Å². The quantitative estimate of drug-likeness (QED) is 0.929. The molecule has 0 radical (unpaired) electrons. The summed E-state index contributed by atoms with van der Waals surface area (Å²) in [5, 5.41) is 5.21. The van der Waals surface area contributed by atoms with Gasteiger partial charge in [0.1, 0.15) is 5.01 Å². The number of nitrogens with zero attached hydrogens (tertiary/aromatic N) is 1. The Morgan fingerprint density at radius 3 is 2.68 bits per heavy atom. The molecule has 0 unspecified atom stereocenters. The number of aromatic nitrogens is 1. The fourth-order valence-corrected chi connectivity index (χ4v) is 2.61. The van der Waals surface area contributed by atoms with Gasteiger partial charge in [-0.25, -0.2) is 4.98 Å². The summed E-state index contributed by atoms with van der Waals surface area (Å²) in [6.45, 7) is 0.754. The number of hydrogen-bond acceptors (Lipinski definition) is 3.